The van der Waals surface area contributed by atoms with Crippen molar-refractivity contribution in [3.05, 3.63) is 12.7 Å². The van der Waals surface area contributed by atoms with Gasteiger partial charge in [0.05, 0.1) is 0 Å². The number of rotatable bonds is 2. The lowest BCUT2D eigenvalue weighted by atomic mass is 10.4. The van der Waals surface area contributed by atoms with E-state index in [9.17, 15) is 4.79 Å². The van der Waals surface area contributed by atoms with E-state index < -0.39 is 12.3 Å². The molecule has 46 valence electrons. The van der Waals surface area contributed by atoms with Crippen molar-refractivity contribution < 1.29 is 14.6 Å². The number of hydrogen-bond donors (Lipinski definition) is 1. The van der Waals surface area contributed by atoms with Crippen LogP contribution in [0.2, 0.25) is 0 Å². The van der Waals surface area contributed by atoms with Gasteiger partial charge in [-0.1, -0.05) is 12.7 Å². The Labute approximate surface area is 47.6 Å². The lowest BCUT2D eigenvalue weighted by Crippen LogP contribution is -2.08. The SMILES string of the molecule is C=CC(C)OC(=O)O. The molecule has 3 nitrogen and oxygen atoms in total. The van der Waals surface area contributed by atoms with Gasteiger partial charge in [-0.25, -0.2) is 4.79 Å². The third-order valence-corrected chi connectivity index (χ3v) is 0.619. The fourth-order valence-electron chi connectivity index (χ4n) is 0.207. The van der Waals surface area contributed by atoms with Crippen molar-refractivity contribution >= 4 is 6.16 Å². The molecule has 0 aromatic rings. The van der Waals surface area contributed by atoms with Gasteiger partial charge in [-0.15, -0.1) is 0 Å². The summed E-state index contributed by atoms with van der Waals surface area (Å²) in [4.78, 5) is 9.70. The van der Waals surface area contributed by atoms with Crippen LogP contribution in [-0.2, 0) is 4.74 Å². The number of ether oxygens (including phenoxy) is 1. The van der Waals surface area contributed by atoms with Crippen LogP contribution >= 0.6 is 0 Å². The minimum atomic E-state index is -1.27. The molecule has 0 saturated heterocycles. The molecule has 3 heteroatoms. The quantitative estimate of drug-likeness (QED) is 0.436. The standard InChI is InChI=1S/C5H8O3/c1-3-4(2)8-5(6)7/h3-4H,1H2,2H3,(H,6,7). The Morgan fingerprint density at radius 2 is 2.50 bits per heavy atom. The topological polar surface area (TPSA) is 46.5 Å². The van der Waals surface area contributed by atoms with Gasteiger partial charge in [0.15, 0.2) is 0 Å². The minimum absolute atomic E-state index is 0.410. The summed E-state index contributed by atoms with van der Waals surface area (Å²) in [5.74, 6) is 0. The van der Waals surface area contributed by atoms with Crippen molar-refractivity contribution in [2.45, 2.75) is 13.0 Å². The maximum absolute atomic E-state index is 9.70. The summed E-state index contributed by atoms with van der Waals surface area (Å²) in [5, 5.41) is 7.94. The van der Waals surface area contributed by atoms with Crippen molar-refractivity contribution in [3.8, 4) is 0 Å². The van der Waals surface area contributed by atoms with Crippen LogP contribution in [0.4, 0.5) is 4.79 Å². The minimum Gasteiger partial charge on any atom is -0.450 e. The second kappa shape index (κ2) is 3.07. The van der Waals surface area contributed by atoms with E-state index in [1.807, 2.05) is 0 Å². The Morgan fingerprint density at radius 3 is 2.62 bits per heavy atom. The van der Waals surface area contributed by atoms with Crippen LogP contribution in [0.5, 0.6) is 0 Å². The van der Waals surface area contributed by atoms with Gasteiger partial charge in [0.1, 0.15) is 6.10 Å². The molecule has 0 bridgehead atoms. The van der Waals surface area contributed by atoms with E-state index >= 15 is 0 Å². The first-order chi connectivity index (χ1) is 3.66. The predicted molar refractivity (Wildman–Crippen MR) is 28.8 cm³/mol. The predicted octanol–water partition coefficient (Wildman–Crippen LogP) is 1.26. The van der Waals surface area contributed by atoms with Crippen LogP contribution in [0.25, 0.3) is 0 Å². The molecular formula is C5H8O3. The van der Waals surface area contributed by atoms with Crippen molar-refractivity contribution in [2.75, 3.05) is 0 Å². The Morgan fingerprint density at radius 1 is 2.00 bits per heavy atom. The van der Waals surface area contributed by atoms with Crippen LogP contribution < -0.4 is 0 Å². The van der Waals surface area contributed by atoms with E-state index in [-0.39, 0.29) is 0 Å². The van der Waals surface area contributed by atoms with Gasteiger partial charge in [-0.05, 0) is 6.92 Å². The largest absolute Gasteiger partial charge is 0.506 e. The summed E-state index contributed by atoms with van der Waals surface area (Å²) in [5.41, 5.74) is 0. The van der Waals surface area contributed by atoms with E-state index in [4.69, 9.17) is 5.11 Å². The first-order valence-electron chi connectivity index (χ1n) is 2.19. The lowest BCUT2D eigenvalue weighted by molar-refractivity contribution is 0.0753. The highest BCUT2D eigenvalue weighted by Gasteiger charge is 1.99. The van der Waals surface area contributed by atoms with E-state index in [2.05, 4.69) is 11.3 Å². The van der Waals surface area contributed by atoms with Gasteiger partial charge >= 0.3 is 6.16 Å². The van der Waals surface area contributed by atoms with E-state index in [1.165, 1.54) is 6.08 Å². The maximum Gasteiger partial charge on any atom is 0.506 e. The molecular weight excluding hydrogens is 108 g/mol. The summed E-state index contributed by atoms with van der Waals surface area (Å²) in [6.07, 6.45) is -0.265. The van der Waals surface area contributed by atoms with Crippen molar-refractivity contribution in [3.63, 3.8) is 0 Å². The van der Waals surface area contributed by atoms with Crippen LogP contribution in [0.3, 0.4) is 0 Å². The second-order valence-electron chi connectivity index (χ2n) is 1.32. The van der Waals surface area contributed by atoms with Gasteiger partial charge in [-0.2, -0.15) is 0 Å². The molecule has 8 heavy (non-hydrogen) atoms. The molecule has 0 aliphatic heterocycles. The summed E-state index contributed by atoms with van der Waals surface area (Å²) >= 11 is 0. The van der Waals surface area contributed by atoms with Crippen LogP contribution in [-0.4, -0.2) is 17.4 Å². The Kier molecular flexibility index (Phi) is 2.69. The highest BCUT2D eigenvalue weighted by atomic mass is 16.7. The molecule has 0 aromatic heterocycles. The molecule has 1 unspecified atom stereocenters. The molecule has 1 atom stereocenters. The zero-order valence-corrected chi connectivity index (χ0v) is 4.63. The molecule has 0 amide bonds. The smallest absolute Gasteiger partial charge is 0.450 e. The highest BCUT2D eigenvalue weighted by molar-refractivity contribution is 5.57. The average Bonchev–Trinajstić information content (AvgIpc) is 1.65. The van der Waals surface area contributed by atoms with E-state index in [1.54, 1.807) is 6.92 Å². The van der Waals surface area contributed by atoms with Crippen LogP contribution in [0.15, 0.2) is 12.7 Å². The first kappa shape index (κ1) is 7.01. The summed E-state index contributed by atoms with van der Waals surface area (Å²) in [6.45, 7) is 4.92. The van der Waals surface area contributed by atoms with Crippen molar-refractivity contribution in [2.24, 2.45) is 0 Å². The second-order valence-corrected chi connectivity index (χ2v) is 1.32. The Bertz CT molecular complexity index is 97.8. The number of hydrogen-bond acceptors (Lipinski definition) is 2. The molecule has 0 aliphatic rings. The maximum atomic E-state index is 9.70. The molecule has 0 radical (unpaired) electrons. The first-order valence-corrected chi connectivity index (χ1v) is 2.19. The summed E-state index contributed by atoms with van der Waals surface area (Å²) in [6, 6.07) is 0. The average molecular weight is 116 g/mol. The van der Waals surface area contributed by atoms with Gasteiger partial charge in [-0.3, -0.25) is 0 Å². The molecule has 0 spiro atoms. The zero-order chi connectivity index (χ0) is 6.57. The molecule has 0 fully saturated rings. The monoisotopic (exact) mass is 116 g/mol. The Hall–Kier alpha value is -0.990. The lowest BCUT2D eigenvalue weighted by Gasteiger charge is -2.01. The van der Waals surface area contributed by atoms with Crippen LogP contribution in [0.1, 0.15) is 6.92 Å². The van der Waals surface area contributed by atoms with Gasteiger partial charge < -0.3 is 9.84 Å². The molecule has 0 aliphatic carbocycles. The fourth-order valence-corrected chi connectivity index (χ4v) is 0.207. The van der Waals surface area contributed by atoms with Crippen molar-refractivity contribution in [1.29, 1.82) is 0 Å². The normalized spacial score (nSPS) is 12.1. The summed E-state index contributed by atoms with van der Waals surface area (Å²) in [7, 11) is 0. The molecule has 0 saturated carbocycles. The van der Waals surface area contributed by atoms with Gasteiger partial charge in [0.25, 0.3) is 0 Å². The highest BCUT2D eigenvalue weighted by Crippen LogP contribution is 1.89. The van der Waals surface area contributed by atoms with Gasteiger partial charge in [0.2, 0.25) is 0 Å². The third kappa shape index (κ3) is 3.21. The zero-order valence-electron chi connectivity index (χ0n) is 4.63. The number of carbonyl (C=O) groups is 1. The number of carboxylic acid groups (broad SMARTS) is 1. The Balaban J connectivity index is 3.38. The summed E-state index contributed by atoms with van der Waals surface area (Å²) < 4.78 is 4.20. The fraction of sp³-hybridized carbons (Fsp3) is 0.400. The molecule has 0 rings (SSSR count). The van der Waals surface area contributed by atoms with Crippen molar-refractivity contribution in [1.82, 2.24) is 0 Å². The molecule has 0 heterocycles. The van der Waals surface area contributed by atoms with E-state index in [0.29, 0.717) is 0 Å². The third-order valence-electron chi connectivity index (χ3n) is 0.619. The van der Waals surface area contributed by atoms with Gasteiger partial charge in [0, 0.05) is 0 Å². The van der Waals surface area contributed by atoms with Crippen LogP contribution in [0, 0.1) is 0 Å². The molecule has 1 N–H and O–H groups in total. The van der Waals surface area contributed by atoms with E-state index in [0.717, 1.165) is 0 Å². The molecule has 0 aromatic carbocycles.